The van der Waals surface area contributed by atoms with Crippen molar-refractivity contribution in [3.63, 3.8) is 0 Å². The number of rotatable bonds is 8. The molecule has 10 heteroatoms. The molecule has 0 fully saturated rings. The van der Waals surface area contributed by atoms with Crippen LogP contribution in [0.15, 0.2) is 51.7 Å². The third-order valence-electron chi connectivity index (χ3n) is 3.28. The highest BCUT2D eigenvalue weighted by Crippen LogP contribution is 2.14. The first-order valence-electron chi connectivity index (χ1n) is 7.73. The molecule has 1 aromatic heterocycles. The van der Waals surface area contributed by atoms with Crippen LogP contribution in [0.1, 0.15) is 4.88 Å². The molecule has 0 unspecified atom stereocenters. The zero-order chi connectivity index (χ0) is 18.1. The van der Waals surface area contributed by atoms with Crippen LogP contribution in [-0.2, 0) is 16.4 Å². The second-order valence-electron chi connectivity index (χ2n) is 5.11. The van der Waals surface area contributed by atoms with Gasteiger partial charge in [-0.3, -0.25) is 4.99 Å². The van der Waals surface area contributed by atoms with E-state index >= 15 is 0 Å². The molecule has 1 heterocycles. The van der Waals surface area contributed by atoms with Gasteiger partial charge in [-0.2, -0.15) is 0 Å². The average molecular weight is 529 g/mol. The minimum absolute atomic E-state index is 0. The summed E-state index contributed by atoms with van der Waals surface area (Å²) in [6.45, 7) is 1.41. The zero-order valence-corrected chi connectivity index (χ0v) is 19.0. The minimum Gasteiger partial charge on any atom is -0.356 e. The number of benzene rings is 1. The molecule has 0 atom stereocenters. The summed E-state index contributed by atoms with van der Waals surface area (Å²) in [5, 5.41) is 8.71. The highest BCUT2D eigenvalue weighted by molar-refractivity contribution is 14.0. The highest BCUT2D eigenvalue weighted by atomic mass is 127. The smallest absolute Gasteiger partial charge is 0.240 e. The summed E-state index contributed by atoms with van der Waals surface area (Å²) in [4.78, 5) is 5.57. The fourth-order valence-electron chi connectivity index (χ4n) is 2.06. The zero-order valence-electron chi connectivity index (χ0n) is 14.2. The molecule has 0 aliphatic rings. The fraction of sp³-hybridized carbons (Fsp3) is 0.312. The molecule has 26 heavy (non-hydrogen) atoms. The Morgan fingerprint density at radius 3 is 2.58 bits per heavy atom. The number of hydrogen-bond acceptors (Lipinski definition) is 4. The van der Waals surface area contributed by atoms with Crippen LogP contribution in [0.4, 0.5) is 0 Å². The normalized spacial score (nSPS) is 11.7. The first-order chi connectivity index (χ1) is 12.0. The van der Waals surface area contributed by atoms with Crippen molar-refractivity contribution in [2.24, 2.45) is 4.99 Å². The molecule has 0 bridgehead atoms. The number of aliphatic imine (C=N–C) groups is 1. The van der Waals surface area contributed by atoms with Crippen molar-refractivity contribution in [2.45, 2.75) is 11.3 Å². The lowest BCUT2D eigenvalue weighted by molar-refractivity contribution is 0.580. The monoisotopic (exact) mass is 528 g/mol. The van der Waals surface area contributed by atoms with Crippen molar-refractivity contribution in [2.75, 3.05) is 26.7 Å². The Balaban J connectivity index is 0.00000338. The van der Waals surface area contributed by atoms with Crippen molar-refractivity contribution in [3.05, 3.63) is 51.7 Å². The molecule has 1 aromatic carbocycles. The van der Waals surface area contributed by atoms with Gasteiger partial charge < -0.3 is 10.6 Å². The Morgan fingerprint density at radius 2 is 1.92 bits per heavy atom. The van der Waals surface area contributed by atoms with Crippen LogP contribution < -0.4 is 15.4 Å². The molecule has 3 N–H and O–H groups in total. The van der Waals surface area contributed by atoms with Gasteiger partial charge in [-0.05, 0) is 36.1 Å². The van der Waals surface area contributed by atoms with Crippen molar-refractivity contribution >= 4 is 62.9 Å². The van der Waals surface area contributed by atoms with Crippen molar-refractivity contribution in [1.82, 2.24) is 15.4 Å². The summed E-state index contributed by atoms with van der Waals surface area (Å²) in [6, 6.07) is 10.3. The molecular weight excluding hydrogens is 507 g/mol. The molecule has 0 aliphatic heterocycles. The summed E-state index contributed by atoms with van der Waals surface area (Å²) >= 11 is 7.55. The number of guanidine groups is 1. The van der Waals surface area contributed by atoms with Gasteiger partial charge in [0.15, 0.2) is 5.96 Å². The van der Waals surface area contributed by atoms with Crippen LogP contribution in [0, 0.1) is 0 Å². The van der Waals surface area contributed by atoms with Crippen molar-refractivity contribution in [1.29, 1.82) is 0 Å². The van der Waals surface area contributed by atoms with Crippen LogP contribution in [0.25, 0.3) is 0 Å². The first kappa shape index (κ1) is 23.2. The van der Waals surface area contributed by atoms with E-state index < -0.39 is 10.0 Å². The number of nitrogens with zero attached hydrogens (tertiary/aromatic N) is 1. The standard InChI is InChI=1S/C16H21ClN4O2S2.HI/c1-18-16(19-8-7-14-5-3-11-24-14)20-9-10-21-25(22,23)15-6-2-4-13(17)12-15;/h2-6,11-12,21H,7-10H2,1H3,(H2,18,19,20);1H. The van der Waals surface area contributed by atoms with E-state index in [1.54, 1.807) is 30.5 Å². The number of thiophene rings is 1. The maximum absolute atomic E-state index is 12.2. The Labute approximate surface area is 180 Å². The van der Waals surface area contributed by atoms with Crippen LogP contribution in [-0.4, -0.2) is 41.1 Å². The van der Waals surface area contributed by atoms with Gasteiger partial charge in [-0.1, -0.05) is 23.7 Å². The van der Waals surface area contributed by atoms with Crippen molar-refractivity contribution < 1.29 is 8.42 Å². The van der Waals surface area contributed by atoms with E-state index in [-0.39, 0.29) is 35.4 Å². The summed E-state index contributed by atoms with van der Waals surface area (Å²) in [5.74, 6) is 0.638. The van der Waals surface area contributed by atoms with E-state index in [2.05, 4.69) is 31.8 Å². The molecule has 0 saturated heterocycles. The maximum atomic E-state index is 12.2. The molecule has 0 saturated carbocycles. The Kier molecular flexibility index (Phi) is 10.5. The van der Waals surface area contributed by atoms with Gasteiger partial charge in [0.1, 0.15) is 0 Å². The van der Waals surface area contributed by atoms with Crippen LogP contribution in [0.3, 0.4) is 0 Å². The van der Waals surface area contributed by atoms with E-state index in [9.17, 15) is 8.42 Å². The molecule has 144 valence electrons. The second-order valence-corrected chi connectivity index (χ2v) is 8.35. The number of hydrogen-bond donors (Lipinski definition) is 3. The van der Waals surface area contributed by atoms with Crippen LogP contribution in [0.2, 0.25) is 5.02 Å². The molecule has 2 rings (SSSR count). The lowest BCUT2D eigenvalue weighted by Gasteiger charge is -2.12. The average Bonchev–Trinajstić information content (AvgIpc) is 3.10. The van der Waals surface area contributed by atoms with E-state index in [0.717, 1.165) is 13.0 Å². The van der Waals surface area contributed by atoms with E-state index in [1.165, 1.54) is 17.0 Å². The van der Waals surface area contributed by atoms with E-state index in [0.29, 0.717) is 17.5 Å². The lowest BCUT2D eigenvalue weighted by Crippen LogP contribution is -2.42. The molecular formula is C16H22ClIN4O2S2. The van der Waals surface area contributed by atoms with Gasteiger partial charge in [0.25, 0.3) is 0 Å². The highest BCUT2D eigenvalue weighted by Gasteiger charge is 2.13. The number of sulfonamides is 1. The SMILES string of the molecule is CN=C(NCCNS(=O)(=O)c1cccc(Cl)c1)NCCc1cccs1.I. The molecule has 2 aromatic rings. The summed E-state index contributed by atoms with van der Waals surface area (Å²) in [5.41, 5.74) is 0. The van der Waals surface area contributed by atoms with Gasteiger partial charge in [-0.25, -0.2) is 13.1 Å². The molecule has 0 spiro atoms. The van der Waals surface area contributed by atoms with Gasteiger partial charge in [-0.15, -0.1) is 35.3 Å². The second kappa shape index (κ2) is 11.8. The van der Waals surface area contributed by atoms with Crippen molar-refractivity contribution in [3.8, 4) is 0 Å². The Hall–Kier alpha value is -0.880. The van der Waals surface area contributed by atoms with Crippen LogP contribution >= 0.6 is 46.9 Å². The van der Waals surface area contributed by atoms with Gasteiger partial charge in [0, 0.05) is 36.6 Å². The maximum Gasteiger partial charge on any atom is 0.240 e. The topological polar surface area (TPSA) is 82.6 Å². The van der Waals surface area contributed by atoms with Gasteiger partial charge in [0.2, 0.25) is 10.0 Å². The van der Waals surface area contributed by atoms with E-state index in [4.69, 9.17) is 11.6 Å². The Morgan fingerprint density at radius 1 is 1.15 bits per heavy atom. The summed E-state index contributed by atoms with van der Waals surface area (Å²) in [6.07, 6.45) is 0.916. The summed E-state index contributed by atoms with van der Waals surface area (Å²) < 4.78 is 26.8. The third kappa shape index (κ3) is 7.78. The number of nitrogens with one attached hydrogen (secondary N) is 3. The lowest BCUT2D eigenvalue weighted by atomic mass is 10.3. The largest absolute Gasteiger partial charge is 0.356 e. The quantitative estimate of drug-likeness (QED) is 0.213. The van der Waals surface area contributed by atoms with Crippen LogP contribution in [0.5, 0.6) is 0 Å². The van der Waals surface area contributed by atoms with Gasteiger partial charge >= 0.3 is 0 Å². The fourth-order valence-corrected chi connectivity index (χ4v) is 4.10. The molecule has 0 radical (unpaired) electrons. The molecule has 6 nitrogen and oxygen atoms in total. The minimum atomic E-state index is -3.57. The van der Waals surface area contributed by atoms with Gasteiger partial charge in [0.05, 0.1) is 4.90 Å². The predicted molar refractivity (Wildman–Crippen MR) is 119 cm³/mol. The third-order valence-corrected chi connectivity index (χ3v) is 5.91. The number of halogens is 2. The Bertz CT molecular complexity index is 798. The molecule has 0 amide bonds. The first-order valence-corrected chi connectivity index (χ1v) is 10.5. The molecule has 0 aliphatic carbocycles. The van der Waals surface area contributed by atoms with E-state index in [1.807, 2.05) is 6.07 Å². The summed E-state index contributed by atoms with van der Waals surface area (Å²) in [7, 11) is -1.89. The predicted octanol–water partition coefficient (Wildman–Crippen LogP) is 2.71.